The fraction of sp³-hybridized carbons (Fsp3) is 0.944. The fourth-order valence-corrected chi connectivity index (χ4v) is 4.75. The Morgan fingerprint density at radius 3 is 2.43 bits per heavy atom. The van der Waals surface area contributed by atoms with Gasteiger partial charge in [-0.25, -0.2) is 0 Å². The molecule has 23 heavy (non-hydrogen) atoms. The molecule has 3 rings (SSSR count). The second kappa shape index (κ2) is 6.01. The molecule has 2 heterocycles. The van der Waals surface area contributed by atoms with Crippen LogP contribution in [0.2, 0.25) is 0 Å². The molecule has 0 aromatic heterocycles. The first-order valence-corrected chi connectivity index (χ1v) is 8.97. The zero-order chi connectivity index (χ0) is 16.8. The van der Waals surface area contributed by atoms with Crippen LogP contribution in [0.15, 0.2) is 0 Å². The molecule has 0 radical (unpaired) electrons. The number of rotatable bonds is 4. The van der Waals surface area contributed by atoms with Crippen LogP contribution in [0.3, 0.4) is 0 Å². The largest absolute Gasteiger partial charge is 0.381 e. The van der Waals surface area contributed by atoms with Gasteiger partial charge in [-0.2, -0.15) is 0 Å². The Hall–Kier alpha value is -0.650. The molecule has 132 valence electrons. The standard InChI is InChI=1S/C18H32N2O3/c1-17(2)15(12-18(17,3)22-5)19(4)14-6-9-20(16(14)21)13-7-10-23-11-8-13/h13-15H,6-12H2,1-5H3. The van der Waals surface area contributed by atoms with Crippen molar-refractivity contribution in [3.8, 4) is 0 Å². The summed E-state index contributed by atoms with van der Waals surface area (Å²) in [4.78, 5) is 17.4. The van der Waals surface area contributed by atoms with Crippen molar-refractivity contribution in [1.82, 2.24) is 9.80 Å². The number of carbonyl (C=O) groups is 1. The minimum Gasteiger partial charge on any atom is -0.381 e. The molecule has 2 saturated heterocycles. The summed E-state index contributed by atoms with van der Waals surface area (Å²) in [7, 11) is 3.92. The van der Waals surface area contributed by atoms with Crippen LogP contribution in [0.5, 0.6) is 0 Å². The zero-order valence-electron chi connectivity index (χ0n) is 15.3. The summed E-state index contributed by atoms with van der Waals surface area (Å²) in [6.07, 6.45) is 3.91. The number of hydrogen-bond acceptors (Lipinski definition) is 4. The average molecular weight is 324 g/mol. The van der Waals surface area contributed by atoms with Crippen LogP contribution in [0, 0.1) is 5.41 Å². The summed E-state index contributed by atoms with van der Waals surface area (Å²) in [5.41, 5.74) is -0.0309. The van der Waals surface area contributed by atoms with Gasteiger partial charge in [-0.05, 0) is 39.7 Å². The predicted octanol–water partition coefficient (Wildman–Crippen LogP) is 1.90. The van der Waals surface area contributed by atoms with Gasteiger partial charge in [0.2, 0.25) is 5.91 Å². The van der Waals surface area contributed by atoms with Crippen molar-refractivity contribution in [2.45, 2.75) is 70.2 Å². The van der Waals surface area contributed by atoms with E-state index in [1.54, 1.807) is 7.11 Å². The molecule has 0 N–H and O–H groups in total. The van der Waals surface area contributed by atoms with E-state index < -0.39 is 0 Å². The number of likely N-dealkylation sites (tertiary alicyclic amines) is 1. The van der Waals surface area contributed by atoms with Gasteiger partial charge < -0.3 is 14.4 Å². The third-order valence-corrected chi connectivity index (χ3v) is 7.06. The number of amides is 1. The van der Waals surface area contributed by atoms with Gasteiger partial charge in [-0.3, -0.25) is 9.69 Å². The zero-order valence-corrected chi connectivity index (χ0v) is 15.3. The summed E-state index contributed by atoms with van der Waals surface area (Å²) in [5.74, 6) is 0.321. The van der Waals surface area contributed by atoms with Crippen molar-refractivity contribution < 1.29 is 14.3 Å². The quantitative estimate of drug-likeness (QED) is 0.792. The van der Waals surface area contributed by atoms with Crippen LogP contribution < -0.4 is 0 Å². The third-order valence-electron chi connectivity index (χ3n) is 7.06. The van der Waals surface area contributed by atoms with E-state index in [2.05, 4.69) is 37.6 Å². The molecule has 1 aliphatic carbocycles. The highest BCUT2D eigenvalue weighted by atomic mass is 16.5. The lowest BCUT2D eigenvalue weighted by atomic mass is 9.55. The number of methoxy groups -OCH3 is 1. The fourth-order valence-electron chi connectivity index (χ4n) is 4.75. The van der Waals surface area contributed by atoms with Crippen LogP contribution in [0.4, 0.5) is 0 Å². The second-order valence-corrected chi connectivity index (χ2v) is 8.22. The van der Waals surface area contributed by atoms with Crippen molar-refractivity contribution in [3.63, 3.8) is 0 Å². The highest BCUT2D eigenvalue weighted by Gasteiger charge is 2.60. The molecule has 3 fully saturated rings. The van der Waals surface area contributed by atoms with Gasteiger partial charge in [0.15, 0.2) is 0 Å². The molecule has 0 aromatic carbocycles. The normalized spacial score (nSPS) is 38.2. The third kappa shape index (κ3) is 2.61. The molecule has 1 saturated carbocycles. The van der Waals surface area contributed by atoms with E-state index in [1.165, 1.54) is 0 Å². The van der Waals surface area contributed by atoms with E-state index in [1.807, 2.05) is 0 Å². The van der Waals surface area contributed by atoms with Crippen LogP contribution in [0.25, 0.3) is 0 Å². The topological polar surface area (TPSA) is 42.0 Å². The van der Waals surface area contributed by atoms with E-state index in [0.717, 1.165) is 45.4 Å². The second-order valence-electron chi connectivity index (χ2n) is 8.22. The van der Waals surface area contributed by atoms with Gasteiger partial charge in [-0.15, -0.1) is 0 Å². The van der Waals surface area contributed by atoms with Crippen molar-refractivity contribution >= 4 is 5.91 Å². The maximum atomic E-state index is 12.9. The lowest BCUT2D eigenvalue weighted by molar-refractivity contribution is -0.210. The molecule has 3 atom stereocenters. The Bertz CT molecular complexity index is 461. The van der Waals surface area contributed by atoms with Crippen molar-refractivity contribution in [2.24, 2.45) is 5.41 Å². The van der Waals surface area contributed by atoms with Crippen LogP contribution in [-0.2, 0) is 14.3 Å². The SMILES string of the molecule is COC1(C)CC(N(C)C2CCN(C3CCOCC3)C2=O)C1(C)C. The minimum atomic E-state index is -0.0893. The van der Waals surface area contributed by atoms with E-state index in [-0.39, 0.29) is 17.1 Å². The van der Waals surface area contributed by atoms with Crippen molar-refractivity contribution in [2.75, 3.05) is 33.9 Å². The van der Waals surface area contributed by atoms with Gasteiger partial charge in [0.1, 0.15) is 0 Å². The molecular weight excluding hydrogens is 292 g/mol. The minimum absolute atomic E-state index is 0.0310. The molecule has 0 bridgehead atoms. The number of carbonyl (C=O) groups excluding carboxylic acids is 1. The molecule has 0 spiro atoms. The first-order chi connectivity index (χ1) is 10.8. The highest BCUT2D eigenvalue weighted by Crippen LogP contribution is 2.54. The summed E-state index contributed by atoms with van der Waals surface area (Å²) < 4.78 is 11.2. The Kier molecular flexibility index (Phi) is 4.49. The predicted molar refractivity (Wildman–Crippen MR) is 89.3 cm³/mol. The van der Waals surface area contributed by atoms with Crippen LogP contribution in [0.1, 0.15) is 46.5 Å². The molecule has 3 unspecified atom stereocenters. The van der Waals surface area contributed by atoms with E-state index in [4.69, 9.17) is 9.47 Å². The molecule has 0 aromatic rings. The summed E-state index contributed by atoms with van der Waals surface area (Å²) in [5, 5.41) is 0. The van der Waals surface area contributed by atoms with Gasteiger partial charge in [0.05, 0.1) is 11.6 Å². The molecule has 2 aliphatic heterocycles. The van der Waals surface area contributed by atoms with Crippen molar-refractivity contribution in [3.05, 3.63) is 0 Å². The van der Waals surface area contributed by atoms with E-state index in [0.29, 0.717) is 18.0 Å². The van der Waals surface area contributed by atoms with Crippen LogP contribution in [-0.4, -0.2) is 73.3 Å². The summed E-state index contributed by atoms with van der Waals surface area (Å²) in [6.45, 7) is 9.18. The Morgan fingerprint density at radius 1 is 1.22 bits per heavy atom. The Labute approximate surface area is 140 Å². The molecule has 5 nitrogen and oxygen atoms in total. The van der Waals surface area contributed by atoms with Crippen LogP contribution >= 0.6 is 0 Å². The smallest absolute Gasteiger partial charge is 0.240 e. The molecular formula is C18H32N2O3. The number of nitrogens with zero attached hydrogens (tertiary/aromatic N) is 2. The summed E-state index contributed by atoms with van der Waals surface area (Å²) in [6, 6.07) is 0.813. The van der Waals surface area contributed by atoms with E-state index in [9.17, 15) is 4.79 Å². The molecule has 5 heteroatoms. The first-order valence-electron chi connectivity index (χ1n) is 8.97. The lowest BCUT2D eigenvalue weighted by Crippen LogP contribution is -2.69. The van der Waals surface area contributed by atoms with Gasteiger partial charge in [0.25, 0.3) is 0 Å². The van der Waals surface area contributed by atoms with E-state index >= 15 is 0 Å². The Balaban J connectivity index is 1.65. The maximum absolute atomic E-state index is 12.9. The monoisotopic (exact) mass is 324 g/mol. The van der Waals surface area contributed by atoms with Gasteiger partial charge in [0, 0.05) is 44.4 Å². The highest BCUT2D eigenvalue weighted by molar-refractivity contribution is 5.84. The lowest BCUT2D eigenvalue weighted by Gasteiger charge is -2.62. The van der Waals surface area contributed by atoms with Gasteiger partial charge in [-0.1, -0.05) is 13.8 Å². The number of ether oxygens (including phenoxy) is 2. The molecule has 3 aliphatic rings. The average Bonchev–Trinajstić information content (AvgIpc) is 2.94. The summed E-state index contributed by atoms with van der Waals surface area (Å²) >= 11 is 0. The number of likely N-dealkylation sites (N-methyl/N-ethyl adjacent to an activating group) is 1. The number of hydrogen-bond donors (Lipinski definition) is 0. The molecule has 1 amide bonds. The van der Waals surface area contributed by atoms with Crippen molar-refractivity contribution in [1.29, 1.82) is 0 Å². The maximum Gasteiger partial charge on any atom is 0.240 e. The Morgan fingerprint density at radius 2 is 1.87 bits per heavy atom. The first kappa shape index (κ1) is 17.2. The van der Waals surface area contributed by atoms with Gasteiger partial charge >= 0.3 is 0 Å².